The lowest BCUT2D eigenvalue weighted by Crippen LogP contribution is -2.39. The first-order valence-electron chi connectivity index (χ1n) is 9.06. The summed E-state index contributed by atoms with van der Waals surface area (Å²) in [5, 5.41) is 22.0. The van der Waals surface area contributed by atoms with E-state index in [1.165, 1.54) is 6.92 Å². The minimum absolute atomic E-state index is 0.00577. The first kappa shape index (κ1) is 26.1. The van der Waals surface area contributed by atoms with Crippen molar-refractivity contribution in [2.75, 3.05) is 11.9 Å². The van der Waals surface area contributed by atoms with Crippen molar-refractivity contribution >= 4 is 52.5 Å². The van der Waals surface area contributed by atoms with E-state index in [9.17, 15) is 9.59 Å². The maximum Gasteiger partial charge on any atom is 0.414 e. The fraction of sp³-hybridized carbons (Fsp3) is 0.238. The highest BCUT2D eigenvalue weighted by Crippen LogP contribution is 2.21. The molecule has 166 valence electrons. The van der Waals surface area contributed by atoms with Crippen LogP contribution in [0, 0.1) is 0 Å². The number of halogens is 2. The molecule has 0 heterocycles. The summed E-state index contributed by atoms with van der Waals surface area (Å²) in [5.74, 6) is -3.79. The van der Waals surface area contributed by atoms with Crippen LogP contribution in [0.25, 0.3) is 0 Å². The third-order valence-corrected chi connectivity index (χ3v) is 4.58. The van der Waals surface area contributed by atoms with E-state index in [0.29, 0.717) is 34.3 Å². The third-order valence-electron chi connectivity index (χ3n) is 4.00. The number of anilines is 1. The van der Waals surface area contributed by atoms with Gasteiger partial charge < -0.3 is 20.8 Å². The van der Waals surface area contributed by atoms with Crippen LogP contribution < -0.4 is 10.6 Å². The van der Waals surface area contributed by atoms with Gasteiger partial charge in [-0.3, -0.25) is 9.59 Å². The minimum atomic E-state index is -1.82. The summed E-state index contributed by atoms with van der Waals surface area (Å²) in [6.45, 7) is 3.91. The van der Waals surface area contributed by atoms with Crippen molar-refractivity contribution in [3.05, 3.63) is 63.6 Å². The molecule has 0 aliphatic carbocycles. The van der Waals surface area contributed by atoms with Crippen LogP contribution >= 0.6 is 23.2 Å². The van der Waals surface area contributed by atoms with Crippen LogP contribution in [0.2, 0.25) is 10.0 Å². The van der Waals surface area contributed by atoms with Crippen molar-refractivity contribution in [1.82, 2.24) is 5.32 Å². The average molecular weight is 469 g/mol. The Morgan fingerprint density at radius 3 is 2.03 bits per heavy atom. The molecule has 0 aromatic heterocycles. The van der Waals surface area contributed by atoms with Crippen molar-refractivity contribution in [2.45, 2.75) is 26.3 Å². The van der Waals surface area contributed by atoms with E-state index in [1.54, 1.807) is 43.3 Å². The summed E-state index contributed by atoms with van der Waals surface area (Å²) in [4.78, 5) is 41.7. The Morgan fingerprint density at radius 2 is 1.55 bits per heavy atom. The first-order chi connectivity index (χ1) is 14.5. The molecule has 0 saturated carbocycles. The van der Waals surface area contributed by atoms with Crippen LogP contribution in [0.5, 0.6) is 0 Å². The van der Waals surface area contributed by atoms with Crippen LogP contribution in [0.1, 0.15) is 29.8 Å². The summed E-state index contributed by atoms with van der Waals surface area (Å²) in [7, 11) is 0. The smallest absolute Gasteiger partial charge is 0.414 e. The number of carbonyl (C=O) groups excluding carboxylic acids is 2. The molecule has 0 saturated heterocycles. The maximum atomic E-state index is 12.2. The fourth-order valence-electron chi connectivity index (χ4n) is 2.28. The van der Waals surface area contributed by atoms with Crippen molar-refractivity contribution in [3.8, 4) is 0 Å². The van der Waals surface area contributed by atoms with E-state index in [0.717, 1.165) is 5.56 Å². The Balaban J connectivity index is 0.000000703. The van der Waals surface area contributed by atoms with Crippen LogP contribution in [0.4, 0.5) is 5.69 Å². The number of carbonyl (C=O) groups is 4. The number of nitrogens with one attached hydrogen (secondary N) is 2. The van der Waals surface area contributed by atoms with Gasteiger partial charge in [0, 0.05) is 21.3 Å². The lowest BCUT2D eigenvalue weighted by atomic mass is 10.1. The summed E-state index contributed by atoms with van der Waals surface area (Å²) in [6, 6.07) is 11.8. The van der Waals surface area contributed by atoms with E-state index in [2.05, 4.69) is 10.6 Å². The van der Waals surface area contributed by atoms with Gasteiger partial charge in [-0.25, -0.2) is 9.59 Å². The second kappa shape index (κ2) is 12.7. The largest absolute Gasteiger partial charge is 0.473 e. The van der Waals surface area contributed by atoms with Crippen LogP contribution in [-0.2, 0) is 20.8 Å². The second-order valence-electron chi connectivity index (χ2n) is 6.39. The number of aliphatic carboxylic acids is 2. The topological polar surface area (TPSA) is 133 Å². The molecule has 2 rings (SSSR count). The number of benzene rings is 2. The molecular weight excluding hydrogens is 447 g/mol. The van der Waals surface area contributed by atoms with Gasteiger partial charge in [-0.1, -0.05) is 29.3 Å². The molecule has 31 heavy (non-hydrogen) atoms. The molecular formula is C21H22Cl2N2O6. The van der Waals surface area contributed by atoms with Crippen LogP contribution in [-0.4, -0.2) is 46.4 Å². The summed E-state index contributed by atoms with van der Waals surface area (Å²) in [5.41, 5.74) is 2.25. The minimum Gasteiger partial charge on any atom is -0.473 e. The highest BCUT2D eigenvalue weighted by molar-refractivity contribution is 6.35. The molecule has 0 aliphatic rings. The Labute approximate surface area is 189 Å². The average Bonchev–Trinajstić information content (AvgIpc) is 2.70. The van der Waals surface area contributed by atoms with Gasteiger partial charge in [0.2, 0.25) is 5.91 Å². The van der Waals surface area contributed by atoms with Gasteiger partial charge in [-0.15, -0.1) is 0 Å². The van der Waals surface area contributed by atoms with Gasteiger partial charge in [0.1, 0.15) is 0 Å². The molecule has 1 atom stereocenters. The molecule has 10 heteroatoms. The molecule has 0 spiro atoms. The van der Waals surface area contributed by atoms with Gasteiger partial charge in [0.15, 0.2) is 5.78 Å². The second-order valence-corrected chi connectivity index (χ2v) is 7.24. The van der Waals surface area contributed by atoms with E-state index >= 15 is 0 Å². The molecule has 8 nitrogen and oxygen atoms in total. The Kier molecular flexibility index (Phi) is 10.7. The quantitative estimate of drug-likeness (QED) is 0.360. The van der Waals surface area contributed by atoms with Crippen LogP contribution in [0.15, 0.2) is 42.5 Å². The molecule has 1 amide bonds. The summed E-state index contributed by atoms with van der Waals surface area (Å²) < 4.78 is 0. The maximum absolute atomic E-state index is 12.2. The predicted molar refractivity (Wildman–Crippen MR) is 118 cm³/mol. The lowest BCUT2D eigenvalue weighted by molar-refractivity contribution is -0.159. The zero-order valence-electron chi connectivity index (χ0n) is 16.8. The lowest BCUT2D eigenvalue weighted by Gasteiger charge is -2.14. The molecule has 2 aromatic rings. The molecule has 0 fully saturated rings. The number of amides is 1. The molecule has 2 aromatic carbocycles. The van der Waals surface area contributed by atoms with E-state index in [-0.39, 0.29) is 17.7 Å². The summed E-state index contributed by atoms with van der Waals surface area (Å²) in [6.07, 6.45) is 0.695. The molecule has 0 bridgehead atoms. The number of hydrogen-bond acceptors (Lipinski definition) is 5. The molecule has 4 N–H and O–H groups in total. The third kappa shape index (κ3) is 9.61. The van der Waals surface area contributed by atoms with Gasteiger partial charge in [0.05, 0.1) is 6.04 Å². The highest BCUT2D eigenvalue weighted by atomic mass is 35.5. The number of ketones is 1. The highest BCUT2D eigenvalue weighted by Gasteiger charge is 2.13. The van der Waals surface area contributed by atoms with Gasteiger partial charge in [-0.05, 0) is 68.8 Å². The predicted octanol–water partition coefficient (Wildman–Crippen LogP) is 3.51. The number of carboxylic acid groups (broad SMARTS) is 2. The zero-order chi connectivity index (χ0) is 23.6. The number of rotatable bonds is 7. The Morgan fingerprint density at radius 1 is 0.968 bits per heavy atom. The Hall–Kier alpha value is -2.94. The van der Waals surface area contributed by atoms with Crippen molar-refractivity contribution in [1.29, 1.82) is 0 Å². The van der Waals surface area contributed by atoms with E-state index in [4.69, 9.17) is 43.0 Å². The summed E-state index contributed by atoms with van der Waals surface area (Å²) >= 11 is 12.0. The SMILES string of the molecule is CC(=O)c1ccc(NC(=O)C(C)NCCc2ccc(Cl)cc2Cl)cc1.O=C(O)C(=O)O. The number of Topliss-reactive ketones (excluding diaryl/α,β-unsaturated/α-hetero) is 1. The standard InChI is InChI=1S/C19H20Cl2N2O2.C2H2O4/c1-12(22-10-9-15-3-6-16(20)11-18(15)21)19(25)23-17-7-4-14(5-8-17)13(2)24;3-1(4)2(5)6/h3-8,11-12,22H,9-10H2,1-2H3,(H,23,25);(H,3,4)(H,5,6). The molecule has 0 radical (unpaired) electrons. The molecule has 0 aliphatic heterocycles. The first-order valence-corrected chi connectivity index (χ1v) is 9.82. The number of carboxylic acids is 2. The number of hydrogen-bond donors (Lipinski definition) is 4. The monoisotopic (exact) mass is 468 g/mol. The molecule has 1 unspecified atom stereocenters. The van der Waals surface area contributed by atoms with Gasteiger partial charge in [-0.2, -0.15) is 0 Å². The fourth-order valence-corrected chi connectivity index (χ4v) is 2.78. The zero-order valence-corrected chi connectivity index (χ0v) is 18.3. The van der Waals surface area contributed by atoms with Crippen molar-refractivity contribution in [3.63, 3.8) is 0 Å². The van der Waals surface area contributed by atoms with Gasteiger partial charge in [0.25, 0.3) is 0 Å². The van der Waals surface area contributed by atoms with E-state index in [1.807, 2.05) is 6.07 Å². The Bertz CT molecular complexity index is 935. The normalized spacial score (nSPS) is 11.0. The van der Waals surface area contributed by atoms with E-state index < -0.39 is 11.9 Å². The van der Waals surface area contributed by atoms with Gasteiger partial charge >= 0.3 is 11.9 Å². The van der Waals surface area contributed by atoms with Crippen molar-refractivity contribution in [2.24, 2.45) is 0 Å². The van der Waals surface area contributed by atoms with Crippen LogP contribution in [0.3, 0.4) is 0 Å². The van der Waals surface area contributed by atoms with Crippen molar-refractivity contribution < 1.29 is 29.4 Å².